The molecule has 3 atom stereocenters. The highest BCUT2D eigenvalue weighted by molar-refractivity contribution is 4.84. The van der Waals surface area contributed by atoms with Gasteiger partial charge in [-0.2, -0.15) is 13.2 Å². The van der Waals surface area contributed by atoms with E-state index in [2.05, 4.69) is 5.32 Å². The molecule has 1 fully saturated rings. The first kappa shape index (κ1) is 11.8. The summed E-state index contributed by atoms with van der Waals surface area (Å²) in [6.07, 6.45) is -3.10. The Morgan fingerprint density at radius 3 is 2.50 bits per heavy atom. The smallest absolute Gasteiger partial charge is 0.390 e. The van der Waals surface area contributed by atoms with Crippen LogP contribution in [0.4, 0.5) is 13.2 Å². The summed E-state index contributed by atoms with van der Waals surface area (Å²) in [7, 11) is 0. The minimum absolute atomic E-state index is 0.160. The average molecular weight is 211 g/mol. The van der Waals surface area contributed by atoms with Gasteiger partial charge < -0.3 is 10.4 Å². The predicted molar refractivity (Wildman–Crippen MR) is 46.9 cm³/mol. The summed E-state index contributed by atoms with van der Waals surface area (Å²) in [5.74, 6) is 0. The van der Waals surface area contributed by atoms with Gasteiger partial charge in [-0.1, -0.05) is 0 Å². The van der Waals surface area contributed by atoms with Crippen molar-refractivity contribution in [3.05, 3.63) is 0 Å². The van der Waals surface area contributed by atoms with Gasteiger partial charge in [0.15, 0.2) is 0 Å². The highest BCUT2D eigenvalue weighted by atomic mass is 19.4. The van der Waals surface area contributed by atoms with E-state index >= 15 is 0 Å². The largest absolute Gasteiger partial charge is 0.392 e. The van der Waals surface area contributed by atoms with Crippen LogP contribution in [0.5, 0.6) is 0 Å². The molecule has 84 valence electrons. The monoisotopic (exact) mass is 211 g/mol. The third-order valence-corrected chi connectivity index (χ3v) is 2.52. The van der Waals surface area contributed by atoms with Crippen LogP contribution < -0.4 is 5.32 Å². The molecule has 0 spiro atoms. The summed E-state index contributed by atoms with van der Waals surface area (Å²) in [4.78, 5) is 0. The van der Waals surface area contributed by atoms with Gasteiger partial charge in [-0.05, 0) is 26.2 Å². The molecule has 1 aliphatic carbocycles. The van der Waals surface area contributed by atoms with Crippen molar-refractivity contribution in [2.75, 3.05) is 0 Å². The topological polar surface area (TPSA) is 32.3 Å². The molecule has 1 rings (SSSR count). The molecular formula is C9H16F3NO. The normalized spacial score (nSPS) is 30.6. The maximum Gasteiger partial charge on any atom is 0.390 e. The zero-order valence-corrected chi connectivity index (χ0v) is 8.14. The van der Waals surface area contributed by atoms with Crippen LogP contribution >= 0.6 is 0 Å². The highest BCUT2D eigenvalue weighted by Gasteiger charge is 2.32. The van der Waals surface area contributed by atoms with Crippen molar-refractivity contribution in [3.8, 4) is 0 Å². The molecule has 5 heteroatoms. The molecule has 1 aliphatic rings. The van der Waals surface area contributed by atoms with Gasteiger partial charge >= 0.3 is 6.18 Å². The summed E-state index contributed by atoms with van der Waals surface area (Å²) in [5, 5.41) is 12.2. The Hall–Kier alpha value is -0.290. The van der Waals surface area contributed by atoms with Gasteiger partial charge in [0, 0.05) is 12.1 Å². The zero-order chi connectivity index (χ0) is 10.8. The number of aliphatic hydroxyl groups excluding tert-OH is 1. The number of nitrogens with one attached hydrogen (secondary N) is 1. The van der Waals surface area contributed by atoms with Crippen molar-refractivity contribution in [1.29, 1.82) is 0 Å². The van der Waals surface area contributed by atoms with Crippen molar-refractivity contribution < 1.29 is 18.3 Å². The van der Waals surface area contributed by atoms with Crippen LogP contribution in [-0.4, -0.2) is 29.5 Å². The Morgan fingerprint density at radius 2 is 2.07 bits per heavy atom. The molecule has 0 radical (unpaired) electrons. The van der Waals surface area contributed by atoms with Crippen LogP contribution in [-0.2, 0) is 0 Å². The fourth-order valence-electron chi connectivity index (χ4n) is 1.91. The number of halogens is 3. The summed E-state index contributed by atoms with van der Waals surface area (Å²) in [5.41, 5.74) is 0. The fraction of sp³-hybridized carbons (Fsp3) is 1.00. The number of rotatable bonds is 3. The standard InChI is InChI=1S/C9H16F3NO/c1-6(5-9(10,11)12)13-7-3-2-4-8(7)14/h6-8,13-14H,2-5H2,1H3/t6?,7-,8-/m0/s1. The molecule has 2 nitrogen and oxygen atoms in total. The third kappa shape index (κ3) is 3.84. The van der Waals surface area contributed by atoms with Crippen LogP contribution in [0.15, 0.2) is 0 Å². The van der Waals surface area contributed by atoms with Crippen LogP contribution in [0.25, 0.3) is 0 Å². The van der Waals surface area contributed by atoms with Crippen molar-refractivity contribution in [2.24, 2.45) is 0 Å². The Kier molecular flexibility index (Phi) is 3.78. The number of aliphatic hydroxyl groups is 1. The molecule has 1 unspecified atom stereocenters. The second-order valence-electron chi connectivity index (χ2n) is 3.99. The van der Waals surface area contributed by atoms with Gasteiger partial charge in [0.2, 0.25) is 0 Å². The summed E-state index contributed by atoms with van der Waals surface area (Å²) in [6, 6.07) is -0.778. The van der Waals surface area contributed by atoms with Gasteiger partial charge in [-0.3, -0.25) is 0 Å². The van der Waals surface area contributed by atoms with Crippen LogP contribution in [0.3, 0.4) is 0 Å². The van der Waals surface area contributed by atoms with E-state index in [1.54, 1.807) is 0 Å². The Labute approximate surface area is 81.5 Å². The Balaban J connectivity index is 2.29. The van der Waals surface area contributed by atoms with Gasteiger partial charge in [0.25, 0.3) is 0 Å². The molecule has 0 bridgehead atoms. The molecule has 0 aromatic carbocycles. The van der Waals surface area contributed by atoms with Crippen LogP contribution in [0.2, 0.25) is 0 Å². The third-order valence-electron chi connectivity index (χ3n) is 2.52. The van der Waals surface area contributed by atoms with Crippen LogP contribution in [0.1, 0.15) is 32.6 Å². The number of hydrogen-bond acceptors (Lipinski definition) is 2. The SMILES string of the molecule is CC(CC(F)(F)F)N[C@H]1CCC[C@@H]1O. The lowest BCUT2D eigenvalue weighted by Crippen LogP contribution is -2.42. The minimum Gasteiger partial charge on any atom is -0.392 e. The maximum absolute atomic E-state index is 12.0. The van der Waals surface area contributed by atoms with Crippen molar-refractivity contribution >= 4 is 0 Å². The molecule has 0 heterocycles. The maximum atomic E-state index is 12.0. The first-order valence-corrected chi connectivity index (χ1v) is 4.89. The minimum atomic E-state index is -4.13. The van der Waals surface area contributed by atoms with Gasteiger partial charge in [-0.25, -0.2) is 0 Å². The van der Waals surface area contributed by atoms with E-state index in [1.165, 1.54) is 6.92 Å². The molecule has 0 amide bonds. The average Bonchev–Trinajstić information content (AvgIpc) is 2.32. The summed E-state index contributed by atoms with van der Waals surface area (Å²) >= 11 is 0. The second kappa shape index (κ2) is 4.49. The molecule has 0 saturated heterocycles. The van der Waals surface area contributed by atoms with Gasteiger partial charge in [0.05, 0.1) is 12.5 Å². The predicted octanol–water partition coefficient (Wildman–Crippen LogP) is 1.83. The highest BCUT2D eigenvalue weighted by Crippen LogP contribution is 2.24. The van der Waals surface area contributed by atoms with E-state index in [9.17, 15) is 18.3 Å². The fourth-order valence-corrected chi connectivity index (χ4v) is 1.91. The van der Waals surface area contributed by atoms with Gasteiger partial charge in [0.1, 0.15) is 0 Å². The molecule has 0 aliphatic heterocycles. The number of alkyl halides is 3. The van der Waals surface area contributed by atoms with E-state index in [0.29, 0.717) is 6.42 Å². The lowest BCUT2D eigenvalue weighted by Gasteiger charge is -2.22. The van der Waals surface area contributed by atoms with E-state index in [4.69, 9.17) is 0 Å². The molecule has 14 heavy (non-hydrogen) atoms. The Bertz CT molecular complexity index is 183. The first-order valence-electron chi connectivity index (χ1n) is 4.89. The van der Waals surface area contributed by atoms with E-state index < -0.39 is 24.7 Å². The Morgan fingerprint density at radius 1 is 1.43 bits per heavy atom. The van der Waals surface area contributed by atoms with Crippen molar-refractivity contribution in [3.63, 3.8) is 0 Å². The molecule has 0 aromatic rings. The molecule has 1 saturated carbocycles. The van der Waals surface area contributed by atoms with E-state index in [1.807, 2.05) is 0 Å². The van der Waals surface area contributed by atoms with Gasteiger partial charge in [-0.15, -0.1) is 0 Å². The van der Waals surface area contributed by atoms with E-state index in [0.717, 1.165) is 12.8 Å². The molecule has 2 N–H and O–H groups in total. The summed E-state index contributed by atoms with van der Waals surface area (Å²) in [6.45, 7) is 1.50. The summed E-state index contributed by atoms with van der Waals surface area (Å²) < 4.78 is 35.9. The van der Waals surface area contributed by atoms with E-state index in [-0.39, 0.29) is 6.04 Å². The zero-order valence-electron chi connectivity index (χ0n) is 8.14. The second-order valence-corrected chi connectivity index (χ2v) is 3.99. The quantitative estimate of drug-likeness (QED) is 0.746. The molecule has 0 aromatic heterocycles. The first-order chi connectivity index (χ1) is 6.38. The lowest BCUT2D eigenvalue weighted by molar-refractivity contribution is -0.139. The lowest BCUT2D eigenvalue weighted by atomic mass is 10.1. The number of hydrogen-bond donors (Lipinski definition) is 2. The van der Waals surface area contributed by atoms with Crippen molar-refractivity contribution in [2.45, 2.75) is 57.0 Å². The molecular weight excluding hydrogens is 195 g/mol. The van der Waals surface area contributed by atoms with Crippen LogP contribution in [0, 0.1) is 0 Å². The van der Waals surface area contributed by atoms with Crippen molar-refractivity contribution in [1.82, 2.24) is 5.32 Å².